The highest BCUT2D eigenvalue weighted by molar-refractivity contribution is 8.26. The van der Waals surface area contributed by atoms with E-state index in [2.05, 4.69) is 5.32 Å². The lowest BCUT2D eigenvalue weighted by Crippen LogP contribution is -2.17. The second-order valence-corrected chi connectivity index (χ2v) is 8.50. The van der Waals surface area contributed by atoms with Crippen LogP contribution in [0.5, 0.6) is 17.2 Å². The number of aryl methyl sites for hydroxylation is 1. The second-order valence-electron chi connectivity index (χ2n) is 6.78. The molecule has 3 rings (SSSR count). The number of thioether (sulfide) groups is 1. The quantitative estimate of drug-likeness (QED) is 0.175. The third-order valence-electron chi connectivity index (χ3n) is 4.29. The van der Waals surface area contributed by atoms with Gasteiger partial charge in [-0.05, 0) is 49.2 Å². The summed E-state index contributed by atoms with van der Waals surface area (Å²) < 4.78 is 17.4. The van der Waals surface area contributed by atoms with E-state index in [1.165, 1.54) is 12.1 Å². The molecule has 1 heterocycles. The molecule has 168 valence electrons. The van der Waals surface area contributed by atoms with Crippen molar-refractivity contribution in [1.29, 1.82) is 0 Å². The molecule has 1 aliphatic rings. The van der Waals surface area contributed by atoms with Crippen LogP contribution in [-0.4, -0.2) is 35.0 Å². The second kappa shape index (κ2) is 11.0. The van der Waals surface area contributed by atoms with E-state index in [1.54, 1.807) is 13.0 Å². The zero-order chi connectivity index (χ0) is 23.1. The maximum absolute atomic E-state index is 11.9. The number of nitrogens with zero attached hydrogens (tertiary/aromatic N) is 1. The first kappa shape index (κ1) is 23.6. The van der Waals surface area contributed by atoms with Gasteiger partial charge in [0.05, 0.1) is 29.6 Å². The van der Waals surface area contributed by atoms with Crippen molar-refractivity contribution in [2.24, 2.45) is 0 Å². The van der Waals surface area contributed by atoms with Gasteiger partial charge in [-0.25, -0.2) is 0 Å². The highest BCUT2D eigenvalue weighted by atomic mass is 32.2. The molecule has 2 aromatic carbocycles. The van der Waals surface area contributed by atoms with Crippen LogP contribution >= 0.6 is 24.0 Å². The molecule has 0 saturated carbocycles. The molecule has 0 aromatic heterocycles. The molecule has 0 radical (unpaired) electrons. The van der Waals surface area contributed by atoms with Gasteiger partial charge >= 0.3 is 5.69 Å². The maximum Gasteiger partial charge on any atom is 0.315 e. The number of hydrogen-bond acceptors (Lipinski definition) is 8. The van der Waals surface area contributed by atoms with E-state index in [-0.39, 0.29) is 29.7 Å². The lowest BCUT2D eigenvalue weighted by Gasteiger charge is -2.13. The van der Waals surface area contributed by atoms with Crippen molar-refractivity contribution in [3.8, 4) is 17.2 Å². The lowest BCUT2D eigenvalue weighted by atomic mass is 10.1. The zero-order valence-corrected chi connectivity index (χ0v) is 19.2. The zero-order valence-electron chi connectivity index (χ0n) is 17.6. The van der Waals surface area contributed by atoms with Crippen molar-refractivity contribution in [2.75, 3.05) is 19.8 Å². The number of hydrogen-bond donors (Lipinski definition) is 1. The molecule has 0 unspecified atom stereocenters. The Kier molecular flexibility index (Phi) is 8.07. The van der Waals surface area contributed by atoms with E-state index >= 15 is 0 Å². The van der Waals surface area contributed by atoms with Gasteiger partial charge in [0.2, 0.25) is 5.75 Å². The van der Waals surface area contributed by atoms with Crippen LogP contribution in [0.2, 0.25) is 0 Å². The minimum atomic E-state index is -0.532. The maximum atomic E-state index is 11.9. The Bertz CT molecular complexity index is 1070. The molecule has 2 aromatic rings. The predicted octanol–water partition coefficient (Wildman–Crippen LogP) is 4.64. The van der Waals surface area contributed by atoms with E-state index in [1.807, 2.05) is 31.2 Å². The van der Waals surface area contributed by atoms with Crippen LogP contribution in [0, 0.1) is 17.0 Å². The number of nitro benzene ring substituents is 1. The first-order valence-corrected chi connectivity index (χ1v) is 11.1. The normalized spacial score (nSPS) is 14.4. The van der Waals surface area contributed by atoms with Crippen LogP contribution in [0.3, 0.4) is 0 Å². The van der Waals surface area contributed by atoms with Crippen LogP contribution in [0.1, 0.15) is 24.5 Å². The SMILES string of the molecule is CCOc1cc(/C=C2/SC(=S)NC2=O)cc([N+](=O)[O-])c1OCCCOc1cccc(C)c1. The standard InChI is InChI=1S/C22H22N2O6S2/c1-3-28-18-12-15(13-19-21(25)23-22(31)32-19)11-17(24(26)27)20(18)30-9-5-8-29-16-7-4-6-14(2)10-16/h4,6-7,10-13H,3,5,8-9H2,1-2H3,(H,23,25,31)/b19-13+. The molecule has 0 atom stereocenters. The Morgan fingerprint density at radius 1 is 1.19 bits per heavy atom. The Morgan fingerprint density at radius 2 is 1.97 bits per heavy atom. The number of nitrogens with one attached hydrogen (secondary N) is 1. The molecule has 1 saturated heterocycles. The van der Waals surface area contributed by atoms with E-state index in [4.69, 9.17) is 26.4 Å². The summed E-state index contributed by atoms with van der Waals surface area (Å²) in [5.74, 6) is 0.707. The summed E-state index contributed by atoms with van der Waals surface area (Å²) in [5.41, 5.74) is 1.30. The molecular weight excluding hydrogens is 452 g/mol. The van der Waals surface area contributed by atoms with Crippen LogP contribution in [0.4, 0.5) is 5.69 Å². The third kappa shape index (κ3) is 6.21. The van der Waals surface area contributed by atoms with Crippen molar-refractivity contribution < 1.29 is 23.9 Å². The lowest BCUT2D eigenvalue weighted by molar-refractivity contribution is -0.386. The van der Waals surface area contributed by atoms with Gasteiger partial charge in [0.15, 0.2) is 5.75 Å². The molecule has 1 fully saturated rings. The summed E-state index contributed by atoms with van der Waals surface area (Å²) >= 11 is 6.08. The number of carbonyl (C=O) groups excluding carboxylic acids is 1. The van der Waals surface area contributed by atoms with Crippen molar-refractivity contribution in [2.45, 2.75) is 20.3 Å². The number of carbonyl (C=O) groups is 1. The predicted molar refractivity (Wildman–Crippen MR) is 127 cm³/mol. The van der Waals surface area contributed by atoms with E-state index in [0.29, 0.717) is 34.4 Å². The van der Waals surface area contributed by atoms with Crippen LogP contribution in [-0.2, 0) is 4.79 Å². The molecule has 10 heteroatoms. The minimum absolute atomic E-state index is 0.0496. The van der Waals surface area contributed by atoms with Crippen LogP contribution in [0.15, 0.2) is 41.3 Å². The summed E-state index contributed by atoms with van der Waals surface area (Å²) in [6.45, 7) is 4.66. The molecule has 0 aliphatic carbocycles. The number of nitro groups is 1. The molecule has 0 bridgehead atoms. The Morgan fingerprint density at radius 3 is 2.62 bits per heavy atom. The fourth-order valence-electron chi connectivity index (χ4n) is 2.94. The molecule has 8 nitrogen and oxygen atoms in total. The fourth-order valence-corrected chi connectivity index (χ4v) is 3.98. The first-order valence-electron chi connectivity index (χ1n) is 9.89. The van der Waals surface area contributed by atoms with Crippen LogP contribution in [0.25, 0.3) is 6.08 Å². The summed E-state index contributed by atoms with van der Waals surface area (Å²) in [6, 6.07) is 10.7. The molecular formula is C22H22N2O6S2. The van der Waals surface area contributed by atoms with Gasteiger partial charge in [0.1, 0.15) is 10.1 Å². The van der Waals surface area contributed by atoms with Crippen molar-refractivity contribution in [3.05, 3.63) is 62.5 Å². The average molecular weight is 475 g/mol. The molecule has 1 aliphatic heterocycles. The molecule has 0 spiro atoms. The summed E-state index contributed by atoms with van der Waals surface area (Å²) in [4.78, 5) is 23.5. The monoisotopic (exact) mass is 474 g/mol. The minimum Gasteiger partial charge on any atom is -0.493 e. The van der Waals surface area contributed by atoms with Gasteiger partial charge in [-0.1, -0.05) is 36.1 Å². The molecule has 32 heavy (non-hydrogen) atoms. The number of rotatable bonds is 10. The van der Waals surface area contributed by atoms with Gasteiger partial charge in [0, 0.05) is 12.5 Å². The van der Waals surface area contributed by atoms with Gasteiger partial charge in [-0.3, -0.25) is 14.9 Å². The largest absolute Gasteiger partial charge is 0.493 e. The Balaban J connectivity index is 1.73. The Labute approximate surface area is 195 Å². The van der Waals surface area contributed by atoms with Gasteiger partial charge in [-0.2, -0.15) is 0 Å². The van der Waals surface area contributed by atoms with Gasteiger partial charge in [-0.15, -0.1) is 0 Å². The molecule has 1 amide bonds. The molecule has 1 N–H and O–H groups in total. The number of thiocarbonyl (C=S) groups is 1. The summed E-state index contributed by atoms with van der Waals surface area (Å²) in [5, 5.41) is 14.2. The topological polar surface area (TPSA) is 99.9 Å². The highest BCUT2D eigenvalue weighted by Crippen LogP contribution is 2.40. The van der Waals surface area contributed by atoms with Crippen molar-refractivity contribution in [1.82, 2.24) is 5.32 Å². The van der Waals surface area contributed by atoms with Crippen molar-refractivity contribution in [3.63, 3.8) is 0 Å². The number of amides is 1. The highest BCUT2D eigenvalue weighted by Gasteiger charge is 2.25. The summed E-state index contributed by atoms with van der Waals surface area (Å²) in [6.07, 6.45) is 2.06. The van der Waals surface area contributed by atoms with E-state index in [0.717, 1.165) is 23.1 Å². The van der Waals surface area contributed by atoms with Crippen LogP contribution < -0.4 is 19.5 Å². The Hall–Kier alpha value is -3.11. The number of benzene rings is 2. The van der Waals surface area contributed by atoms with E-state index < -0.39 is 4.92 Å². The van der Waals surface area contributed by atoms with Gasteiger partial charge in [0.25, 0.3) is 5.91 Å². The first-order chi connectivity index (χ1) is 15.4. The average Bonchev–Trinajstić information content (AvgIpc) is 3.05. The third-order valence-corrected chi connectivity index (χ3v) is 5.45. The summed E-state index contributed by atoms with van der Waals surface area (Å²) in [7, 11) is 0. The van der Waals surface area contributed by atoms with E-state index in [9.17, 15) is 14.9 Å². The fraction of sp³-hybridized carbons (Fsp3) is 0.273. The number of ether oxygens (including phenoxy) is 3. The smallest absolute Gasteiger partial charge is 0.315 e. The van der Waals surface area contributed by atoms with Gasteiger partial charge < -0.3 is 19.5 Å². The van der Waals surface area contributed by atoms with Crippen molar-refractivity contribution >= 4 is 46.0 Å².